The van der Waals surface area contributed by atoms with Gasteiger partial charge in [-0.15, -0.1) is 0 Å². The van der Waals surface area contributed by atoms with Crippen molar-refractivity contribution in [3.05, 3.63) is 35.9 Å². The van der Waals surface area contributed by atoms with Gasteiger partial charge < -0.3 is 4.74 Å². The molecule has 108 valence electrons. The molecule has 1 aromatic carbocycles. The summed E-state index contributed by atoms with van der Waals surface area (Å²) in [7, 11) is 0. The number of esters is 1. The molecule has 1 aromatic rings. The number of aliphatic imine (C=N–C) groups is 1. The van der Waals surface area contributed by atoms with Gasteiger partial charge in [0.15, 0.2) is 4.50 Å². The highest BCUT2D eigenvalue weighted by atomic mass is 35.5. The lowest BCUT2D eigenvalue weighted by Gasteiger charge is -2.25. The predicted octanol–water partition coefficient (Wildman–Crippen LogP) is 3.37. The SMILES string of the molecule is O=C(OCc1ccccc1)C1(C(F)(F)F)CSC(Cl)=N1. The lowest BCUT2D eigenvalue weighted by Crippen LogP contribution is -2.52. The van der Waals surface area contributed by atoms with Crippen LogP contribution in [-0.4, -0.2) is 27.9 Å². The molecule has 0 aromatic heterocycles. The molecular formula is C12H9ClF3NO2S. The standard InChI is InChI=1S/C12H9ClF3NO2S/c13-10-17-11(7-20-10,12(14,15)16)9(18)19-6-8-4-2-1-3-5-8/h1-5H,6-7H2. The smallest absolute Gasteiger partial charge is 0.425 e. The molecule has 1 unspecified atom stereocenters. The third-order valence-corrected chi connectivity index (χ3v) is 4.00. The van der Waals surface area contributed by atoms with Gasteiger partial charge in [0.25, 0.3) is 5.54 Å². The van der Waals surface area contributed by atoms with Gasteiger partial charge in [-0.3, -0.25) is 0 Å². The van der Waals surface area contributed by atoms with Crippen LogP contribution >= 0.6 is 23.4 Å². The van der Waals surface area contributed by atoms with Crippen LogP contribution < -0.4 is 0 Å². The predicted molar refractivity (Wildman–Crippen MR) is 70.8 cm³/mol. The Morgan fingerprint density at radius 2 is 2.05 bits per heavy atom. The monoisotopic (exact) mass is 323 g/mol. The first kappa shape index (κ1) is 15.2. The van der Waals surface area contributed by atoms with Crippen molar-refractivity contribution in [1.29, 1.82) is 0 Å². The first-order chi connectivity index (χ1) is 9.35. The van der Waals surface area contributed by atoms with Crippen molar-refractivity contribution < 1.29 is 22.7 Å². The number of carbonyl (C=O) groups is 1. The molecule has 0 saturated heterocycles. The Morgan fingerprint density at radius 1 is 1.40 bits per heavy atom. The van der Waals surface area contributed by atoms with Crippen molar-refractivity contribution >= 4 is 33.8 Å². The average molecular weight is 324 g/mol. The van der Waals surface area contributed by atoms with Gasteiger partial charge in [-0.2, -0.15) is 13.2 Å². The van der Waals surface area contributed by atoms with Gasteiger partial charge in [-0.25, -0.2) is 9.79 Å². The molecule has 0 aliphatic carbocycles. The van der Waals surface area contributed by atoms with Crippen molar-refractivity contribution in [2.24, 2.45) is 4.99 Å². The van der Waals surface area contributed by atoms with Crippen LogP contribution in [0, 0.1) is 0 Å². The van der Waals surface area contributed by atoms with Gasteiger partial charge in [0.05, 0.1) is 0 Å². The zero-order valence-electron chi connectivity index (χ0n) is 9.98. The Bertz CT molecular complexity index is 535. The first-order valence-electron chi connectivity index (χ1n) is 5.51. The molecular weight excluding hydrogens is 315 g/mol. The summed E-state index contributed by atoms with van der Waals surface area (Å²) in [5.74, 6) is -2.03. The fraction of sp³-hybridized carbons (Fsp3) is 0.333. The molecule has 0 bridgehead atoms. The lowest BCUT2D eigenvalue weighted by molar-refractivity contribution is -0.200. The summed E-state index contributed by atoms with van der Waals surface area (Å²) < 4.78 is 43.7. The highest BCUT2D eigenvalue weighted by Gasteiger charge is 2.64. The van der Waals surface area contributed by atoms with E-state index in [0.717, 1.165) is 0 Å². The van der Waals surface area contributed by atoms with E-state index in [1.807, 2.05) is 0 Å². The van der Waals surface area contributed by atoms with Crippen LogP contribution in [0.15, 0.2) is 35.3 Å². The van der Waals surface area contributed by atoms with Crippen LogP contribution in [0.2, 0.25) is 0 Å². The van der Waals surface area contributed by atoms with Gasteiger partial charge >= 0.3 is 12.1 Å². The molecule has 3 nitrogen and oxygen atoms in total. The number of hydrogen-bond acceptors (Lipinski definition) is 4. The third kappa shape index (κ3) is 2.93. The minimum absolute atomic E-state index is 0.241. The molecule has 0 saturated carbocycles. The summed E-state index contributed by atoms with van der Waals surface area (Å²) in [6, 6.07) is 8.44. The average Bonchev–Trinajstić information content (AvgIpc) is 2.80. The van der Waals surface area contributed by atoms with Crippen molar-refractivity contribution in [2.75, 3.05) is 5.75 Å². The number of hydrogen-bond donors (Lipinski definition) is 0. The van der Waals surface area contributed by atoms with Gasteiger partial charge in [0.2, 0.25) is 0 Å². The fourth-order valence-electron chi connectivity index (χ4n) is 1.59. The number of benzene rings is 1. The second-order valence-corrected chi connectivity index (χ2v) is 5.62. The quantitative estimate of drug-likeness (QED) is 0.801. The summed E-state index contributed by atoms with van der Waals surface area (Å²) >= 11 is 6.14. The summed E-state index contributed by atoms with van der Waals surface area (Å²) in [6.07, 6.45) is -4.84. The van der Waals surface area contributed by atoms with E-state index < -0.39 is 23.4 Å². The zero-order chi connectivity index (χ0) is 14.8. The fourth-order valence-corrected chi connectivity index (χ4v) is 2.79. The van der Waals surface area contributed by atoms with Crippen LogP contribution in [0.3, 0.4) is 0 Å². The number of nitrogens with zero attached hydrogens (tertiary/aromatic N) is 1. The molecule has 2 rings (SSSR count). The highest BCUT2D eigenvalue weighted by Crippen LogP contribution is 2.43. The second-order valence-electron chi connectivity index (χ2n) is 4.07. The maximum Gasteiger partial charge on any atom is 0.425 e. The molecule has 0 amide bonds. The third-order valence-electron chi connectivity index (χ3n) is 2.70. The molecule has 1 atom stereocenters. The minimum Gasteiger partial charge on any atom is -0.459 e. The molecule has 0 radical (unpaired) electrons. The number of halogens is 4. The molecule has 0 fully saturated rings. The molecule has 0 N–H and O–H groups in total. The van der Waals surface area contributed by atoms with Crippen LogP contribution in [0.25, 0.3) is 0 Å². The zero-order valence-corrected chi connectivity index (χ0v) is 11.6. The van der Waals surface area contributed by atoms with Gasteiger partial charge in [0.1, 0.15) is 6.61 Å². The molecule has 8 heteroatoms. The Balaban J connectivity index is 2.13. The van der Waals surface area contributed by atoms with Gasteiger partial charge in [0, 0.05) is 5.75 Å². The van der Waals surface area contributed by atoms with Crippen LogP contribution in [0.1, 0.15) is 5.56 Å². The van der Waals surface area contributed by atoms with E-state index in [1.165, 1.54) is 0 Å². The summed E-state index contributed by atoms with van der Waals surface area (Å²) in [6.45, 7) is -0.241. The van der Waals surface area contributed by atoms with Crippen molar-refractivity contribution in [3.8, 4) is 0 Å². The van der Waals surface area contributed by atoms with E-state index in [2.05, 4.69) is 4.99 Å². The molecule has 20 heavy (non-hydrogen) atoms. The van der Waals surface area contributed by atoms with E-state index in [4.69, 9.17) is 16.3 Å². The highest BCUT2D eigenvalue weighted by molar-refractivity contribution is 8.17. The Hall–Kier alpha value is -1.21. The van der Waals surface area contributed by atoms with E-state index in [1.54, 1.807) is 30.3 Å². The van der Waals surface area contributed by atoms with E-state index in [0.29, 0.717) is 17.3 Å². The molecule has 1 aliphatic heterocycles. The topological polar surface area (TPSA) is 38.7 Å². The summed E-state index contributed by atoms with van der Waals surface area (Å²) in [4.78, 5) is 15.1. The summed E-state index contributed by atoms with van der Waals surface area (Å²) in [5.41, 5.74) is -2.30. The van der Waals surface area contributed by atoms with Crippen LogP contribution in [-0.2, 0) is 16.1 Å². The molecule has 0 spiro atoms. The molecule has 1 heterocycles. The number of carbonyl (C=O) groups excluding carboxylic acids is 1. The lowest BCUT2D eigenvalue weighted by atomic mass is 10.0. The largest absolute Gasteiger partial charge is 0.459 e. The minimum atomic E-state index is -4.84. The molecule has 1 aliphatic rings. The van der Waals surface area contributed by atoms with Crippen molar-refractivity contribution in [3.63, 3.8) is 0 Å². The maximum atomic E-state index is 13.1. The second kappa shape index (κ2) is 5.65. The first-order valence-corrected chi connectivity index (χ1v) is 6.87. The van der Waals surface area contributed by atoms with Crippen molar-refractivity contribution in [2.45, 2.75) is 18.3 Å². The van der Waals surface area contributed by atoms with E-state index in [-0.39, 0.29) is 11.1 Å². The Labute approximate surface area is 122 Å². The van der Waals surface area contributed by atoms with Crippen LogP contribution in [0.4, 0.5) is 13.2 Å². The van der Waals surface area contributed by atoms with Gasteiger partial charge in [-0.1, -0.05) is 53.7 Å². The number of rotatable bonds is 3. The Kier molecular flexibility index (Phi) is 4.29. The Morgan fingerprint density at radius 3 is 2.55 bits per heavy atom. The van der Waals surface area contributed by atoms with E-state index >= 15 is 0 Å². The van der Waals surface area contributed by atoms with Crippen LogP contribution in [0.5, 0.6) is 0 Å². The number of alkyl halides is 3. The maximum absolute atomic E-state index is 13.1. The normalized spacial score (nSPS) is 22.5. The number of thioether (sulfide) groups is 1. The van der Waals surface area contributed by atoms with Crippen molar-refractivity contribution in [1.82, 2.24) is 0 Å². The number of ether oxygens (including phenoxy) is 1. The van der Waals surface area contributed by atoms with E-state index in [9.17, 15) is 18.0 Å². The van der Waals surface area contributed by atoms with Gasteiger partial charge in [-0.05, 0) is 5.56 Å². The summed E-state index contributed by atoms with van der Waals surface area (Å²) in [5, 5.41) is 0.